The van der Waals surface area contributed by atoms with Crippen LogP contribution in [0, 0.1) is 0 Å². The van der Waals surface area contributed by atoms with Crippen molar-refractivity contribution < 1.29 is 4.79 Å². The highest BCUT2D eigenvalue weighted by Gasteiger charge is 2.32. The van der Waals surface area contributed by atoms with Gasteiger partial charge in [-0.1, -0.05) is 37.5 Å². The van der Waals surface area contributed by atoms with E-state index in [1.807, 2.05) is 12.1 Å². The van der Waals surface area contributed by atoms with E-state index < -0.39 is 0 Å². The Morgan fingerprint density at radius 2 is 2.00 bits per heavy atom. The highest BCUT2D eigenvalue weighted by atomic mass is 35.5. The third kappa shape index (κ3) is 3.74. The molecule has 0 aromatic heterocycles. The summed E-state index contributed by atoms with van der Waals surface area (Å²) in [6.45, 7) is 0.620. The second kappa shape index (κ2) is 7.03. The molecule has 0 radical (unpaired) electrons. The number of fused-ring (bicyclic) bond motifs is 1. The van der Waals surface area contributed by atoms with Crippen LogP contribution in [-0.4, -0.2) is 23.7 Å². The molecule has 1 heterocycles. The first kappa shape index (κ1) is 16.7. The van der Waals surface area contributed by atoms with Crippen LogP contribution in [0.5, 0.6) is 0 Å². The maximum atomic E-state index is 12.4. The van der Waals surface area contributed by atoms with Gasteiger partial charge in [-0.05, 0) is 24.5 Å². The number of benzene rings is 1. The first-order valence-corrected chi connectivity index (χ1v) is 8.45. The van der Waals surface area contributed by atoms with Gasteiger partial charge < -0.3 is 11.1 Å². The molecular formula is C16H23ClN2OS. The van der Waals surface area contributed by atoms with Gasteiger partial charge in [0.1, 0.15) is 0 Å². The van der Waals surface area contributed by atoms with Gasteiger partial charge >= 0.3 is 0 Å². The lowest BCUT2D eigenvalue weighted by Gasteiger charge is -2.33. The summed E-state index contributed by atoms with van der Waals surface area (Å²) in [6.07, 6.45) is 5.72. The number of halogens is 1. The van der Waals surface area contributed by atoms with Gasteiger partial charge in [0.05, 0.1) is 5.92 Å². The SMILES string of the molecule is Cl.NC1(CNC(=O)C2CSc3ccccc32)CCCCC1. The number of nitrogens with two attached hydrogens (primary N) is 1. The molecule has 0 spiro atoms. The molecule has 3 rings (SSSR count). The van der Waals surface area contributed by atoms with Crippen LogP contribution in [-0.2, 0) is 4.79 Å². The van der Waals surface area contributed by atoms with Crippen LogP contribution in [0.15, 0.2) is 29.2 Å². The maximum Gasteiger partial charge on any atom is 0.228 e. The van der Waals surface area contributed by atoms with Gasteiger partial charge in [0, 0.05) is 22.7 Å². The molecule has 1 fully saturated rings. The third-order valence-corrected chi connectivity index (χ3v) is 5.66. The molecule has 1 aromatic rings. The van der Waals surface area contributed by atoms with Gasteiger partial charge in [0.15, 0.2) is 0 Å². The van der Waals surface area contributed by atoms with E-state index in [0.717, 1.165) is 18.6 Å². The Labute approximate surface area is 136 Å². The largest absolute Gasteiger partial charge is 0.354 e. The lowest BCUT2D eigenvalue weighted by Crippen LogP contribution is -2.52. The van der Waals surface area contributed by atoms with Crippen molar-refractivity contribution in [2.75, 3.05) is 12.3 Å². The van der Waals surface area contributed by atoms with Gasteiger partial charge in [-0.15, -0.1) is 24.2 Å². The molecule has 1 saturated carbocycles. The summed E-state index contributed by atoms with van der Waals surface area (Å²) in [7, 11) is 0. The van der Waals surface area contributed by atoms with E-state index in [1.165, 1.54) is 29.7 Å². The molecule has 3 N–H and O–H groups in total. The van der Waals surface area contributed by atoms with E-state index >= 15 is 0 Å². The lowest BCUT2D eigenvalue weighted by molar-refractivity contribution is -0.122. The fraction of sp³-hybridized carbons (Fsp3) is 0.562. The van der Waals surface area contributed by atoms with Crippen LogP contribution < -0.4 is 11.1 Å². The summed E-state index contributed by atoms with van der Waals surface area (Å²) < 4.78 is 0. The van der Waals surface area contributed by atoms with E-state index in [0.29, 0.717) is 6.54 Å². The van der Waals surface area contributed by atoms with Crippen molar-refractivity contribution in [3.8, 4) is 0 Å². The lowest BCUT2D eigenvalue weighted by atomic mass is 9.82. The second-order valence-corrected chi connectivity index (χ2v) is 7.10. The molecule has 3 nitrogen and oxygen atoms in total. The van der Waals surface area contributed by atoms with Crippen molar-refractivity contribution in [1.82, 2.24) is 5.32 Å². The molecule has 116 valence electrons. The standard InChI is InChI=1S/C16H22N2OS.ClH/c17-16(8-4-1-5-9-16)11-18-15(19)13-10-20-14-7-3-2-6-12(13)14;/h2-3,6-7,13H,1,4-5,8-11,17H2,(H,18,19);1H. The quantitative estimate of drug-likeness (QED) is 0.897. The zero-order valence-corrected chi connectivity index (χ0v) is 13.8. The topological polar surface area (TPSA) is 55.1 Å². The first-order chi connectivity index (χ1) is 9.68. The Balaban J connectivity index is 0.00000161. The molecule has 1 atom stereocenters. The predicted molar refractivity (Wildman–Crippen MR) is 90.2 cm³/mol. The summed E-state index contributed by atoms with van der Waals surface area (Å²) in [6, 6.07) is 8.21. The molecule has 1 aliphatic carbocycles. The van der Waals surface area contributed by atoms with Gasteiger partial charge in [-0.3, -0.25) is 4.79 Å². The zero-order valence-electron chi connectivity index (χ0n) is 12.1. The molecule has 5 heteroatoms. The number of hydrogen-bond acceptors (Lipinski definition) is 3. The third-order valence-electron chi connectivity index (χ3n) is 4.48. The van der Waals surface area contributed by atoms with Crippen molar-refractivity contribution in [1.29, 1.82) is 0 Å². The number of rotatable bonds is 3. The number of amides is 1. The minimum atomic E-state index is -0.181. The summed E-state index contributed by atoms with van der Waals surface area (Å²) in [4.78, 5) is 13.7. The van der Waals surface area contributed by atoms with Crippen molar-refractivity contribution >= 4 is 30.1 Å². The summed E-state index contributed by atoms with van der Waals surface area (Å²) in [5.41, 5.74) is 7.37. The second-order valence-electron chi connectivity index (χ2n) is 6.04. The Morgan fingerprint density at radius 1 is 1.29 bits per heavy atom. The van der Waals surface area contributed by atoms with Crippen LogP contribution in [0.1, 0.15) is 43.6 Å². The Kier molecular flexibility index (Phi) is 5.58. The predicted octanol–water partition coefficient (Wildman–Crippen LogP) is 3.08. The summed E-state index contributed by atoms with van der Waals surface area (Å²) >= 11 is 1.77. The normalized spacial score (nSPS) is 23.0. The van der Waals surface area contributed by atoms with E-state index in [1.54, 1.807) is 11.8 Å². The molecule has 21 heavy (non-hydrogen) atoms. The van der Waals surface area contributed by atoms with Crippen molar-refractivity contribution in [3.05, 3.63) is 29.8 Å². The smallest absolute Gasteiger partial charge is 0.228 e. The monoisotopic (exact) mass is 326 g/mol. The molecule has 1 aromatic carbocycles. The first-order valence-electron chi connectivity index (χ1n) is 7.46. The van der Waals surface area contributed by atoms with Crippen molar-refractivity contribution in [3.63, 3.8) is 0 Å². The van der Waals surface area contributed by atoms with Crippen molar-refractivity contribution in [2.45, 2.75) is 48.5 Å². The fourth-order valence-electron chi connectivity index (χ4n) is 3.20. The number of carbonyl (C=O) groups is 1. The van der Waals surface area contributed by atoms with Gasteiger partial charge in [-0.25, -0.2) is 0 Å². The molecule has 1 unspecified atom stereocenters. The van der Waals surface area contributed by atoms with Crippen LogP contribution in [0.3, 0.4) is 0 Å². The van der Waals surface area contributed by atoms with Gasteiger partial charge in [0.2, 0.25) is 5.91 Å². The van der Waals surface area contributed by atoms with Crippen LogP contribution in [0.25, 0.3) is 0 Å². The van der Waals surface area contributed by atoms with Crippen LogP contribution >= 0.6 is 24.2 Å². The molecular weight excluding hydrogens is 304 g/mol. The van der Waals surface area contributed by atoms with E-state index in [9.17, 15) is 4.79 Å². The molecule has 0 bridgehead atoms. The van der Waals surface area contributed by atoms with Gasteiger partial charge in [0.25, 0.3) is 0 Å². The Bertz CT molecular complexity index is 503. The fourth-order valence-corrected chi connectivity index (χ4v) is 4.43. The van der Waals surface area contributed by atoms with E-state index in [2.05, 4.69) is 17.4 Å². The average Bonchev–Trinajstić information content (AvgIpc) is 2.90. The van der Waals surface area contributed by atoms with Crippen LogP contribution in [0.2, 0.25) is 0 Å². The van der Waals surface area contributed by atoms with E-state index in [-0.39, 0.29) is 29.8 Å². The average molecular weight is 327 g/mol. The van der Waals surface area contributed by atoms with Gasteiger partial charge in [-0.2, -0.15) is 0 Å². The highest BCUT2D eigenvalue weighted by molar-refractivity contribution is 7.99. The molecule has 0 saturated heterocycles. The summed E-state index contributed by atoms with van der Waals surface area (Å²) in [5.74, 6) is 0.976. The number of nitrogens with one attached hydrogen (secondary N) is 1. The highest BCUT2D eigenvalue weighted by Crippen LogP contribution is 2.39. The molecule has 2 aliphatic rings. The van der Waals surface area contributed by atoms with E-state index in [4.69, 9.17) is 5.73 Å². The number of carbonyl (C=O) groups excluding carboxylic acids is 1. The Morgan fingerprint density at radius 3 is 2.76 bits per heavy atom. The Hall–Kier alpha value is -0.710. The minimum Gasteiger partial charge on any atom is -0.354 e. The van der Waals surface area contributed by atoms with Crippen LogP contribution in [0.4, 0.5) is 0 Å². The summed E-state index contributed by atoms with van der Waals surface area (Å²) in [5, 5.41) is 3.10. The van der Waals surface area contributed by atoms with Crippen molar-refractivity contribution in [2.24, 2.45) is 5.73 Å². The number of hydrogen-bond donors (Lipinski definition) is 2. The maximum absolute atomic E-state index is 12.4. The zero-order chi connectivity index (χ0) is 14.0. The molecule has 1 amide bonds. The molecule has 1 aliphatic heterocycles. The number of thioether (sulfide) groups is 1. The minimum absolute atomic E-state index is 0.